The molecule has 0 aliphatic carbocycles. The summed E-state index contributed by atoms with van der Waals surface area (Å²) in [5.41, 5.74) is 4.09. The Bertz CT molecular complexity index is 1020. The Balaban J connectivity index is 2.23. The molecule has 2 aromatic rings. The van der Waals surface area contributed by atoms with Gasteiger partial charge in [0.2, 0.25) is 10.0 Å². The van der Waals surface area contributed by atoms with Crippen LogP contribution in [-0.2, 0) is 14.8 Å². The van der Waals surface area contributed by atoms with Crippen molar-refractivity contribution in [3.05, 3.63) is 51.6 Å². The summed E-state index contributed by atoms with van der Waals surface area (Å²) in [4.78, 5) is 12.4. The van der Waals surface area contributed by atoms with Gasteiger partial charge in [-0.25, -0.2) is 13.8 Å². The van der Waals surface area contributed by atoms with Crippen LogP contribution in [-0.4, -0.2) is 47.1 Å². The van der Waals surface area contributed by atoms with Gasteiger partial charge < -0.3 is 9.47 Å². The van der Waals surface area contributed by atoms with E-state index in [-0.39, 0.29) is 11.4 Å². The maximum absolute atomic E-state index is 12.4. The topological polar surface area (TPSA) is 97.3 Å². The second-order valence-electron chi connectivity index (χ2n) is 6.05. The maximum atomic E-state index is 12.4. The molecule has 0 bridgehead atoms. The highest BCUT2D eigenvalue weighted by Gasteiger charge is 2.24. The number of hydrogen-bond donors (Lipinski definition) is 1. The molecule has 0 saturated heterocycles. The predicted molar refractivity (Wildman–Crippen MR) is 121 cm³/mol. The summed E-state index contributed by atoms with van der Waals surface area (Å²) in [5.74, 6) is 0.181. The second kappa shape index (κ2) is 9.92. The smallest absolute Gasteiger partial charge is 0.260 e. The van der Waals surface area contributed by atoms with Crippen LogP contribution in [0.15, 0.2) is 47.6 Å². The highest BCUT2D eigenvalue weighted by atomic mass is 127. The van der Waals surface area contributed by atoms with Crippen molar-refractivity contribution in [3.8, 4) is 11.5 Å². The number of nitrogens with zero attached hydrogens (tertiary/aromatic N) is 2. The van der Waals surface area contributed by atoms with E-state index in [4.69, 9.17) is 9.47 Å². The number of amides is 1. The molecule has 0 aliphatic rings. The van der Waals surface area contributed by atoms with Crippen LogP contribution < -0.4 is 19.2 Å². The largest absolute Gasteiger partial charge is 0.497 e. The third-order valence-corrected chi connectivity index (χ3v) is 5.73. The number of halogens is 1. The minimum absolute atomic E-state index is 0.226. The van der Waals surface area contributed by atoms with E-state index in [1.807, 2.05) is 24.3 Å². The molecule has 0 fully saturated rings. The normalized spacial score (nSPS) is 11.7. The molecule has 1 amide bonds. The van der Waals surface area contributed by atoms with E-state index >= 15 is 0 Å². The first-order chi connectivity index (χ1) is 13.7. The van der Waals surface area contributed by atoms with Gasteiger partial charge in [0, 0.05) is 9.64 Å². The first-order valence-electron chi connectivity index (χ1n) is 8.44. The zero-order valence-electron chi connectivity index (χ0n) is 16.5. The van der Waals surface area contributed by atoms with Crippen LogP contribution >= 0.6 is 22.6 Å². The number of sulfonamides is 1. The molecule has 10 heteroatoms. The van der Waals surface area contributed by atoms with Crippen molar-refractivity contribution >= 4 is 49.9 Å². The van der Waals surface area contributed by atoms with Crippen LogP contribution in [0, 0.1) is 3.57 Å². The standard InChI is InChI=1S/C19H22IN3O5S/c1-13(14-6-5-7-15(20)10-14)21-22-19(24)12-23(29(4,25)26)17-9-8-16(27-2)11-18(17)28-3/h5-11H,12H2,1-4H3,(H,22,24)/b21-13-. The van der Waals surface area contributed by atoms with Crippen LogP contribution in [0.4, 0.5) is 5.69 Å². The van der Waals surface area contributed by atoms with Crippen LogP contribution in [0.2, 0.25) is 0 Å². The van der Waals surface area contributed by atoms with Crippen LogP contribution in [0.1, 0.15) is 12.5 Å². The molecule has 156 valence electrons. The van der Waals surface area contributed by atoms with Crippen molar-refractivity contribution in [1.82, 2.24) is 5.43 Å². The predicted octanol–water partition coefficient (Wildman–Crippen LogP) is 2.61. The number of rotatable bonds is 8. The lowest BCUT2D eigenvalue weighted by Crippen LogP contribution is -2.39. The van der Waals surface area contributed by atoms with Crippen LogP contribution in [0.3, 0.4) is 0 Å². The summed E-state index contributed by atoms with van der Waals surface area (Å²) < 4.78 is 37.0. The van der Waals surface area contributed by atoms with Crippen molar-refractivity contribution in [2.45, 2.75) is 6.92 Å². The summed E-state index contributed by atoms with van der Waals surface area (Å²) in [6.45, 7) is 1.30. The monoisotopic (exact) mass is 531 g/mol. The Labute approximate surface area is 184 Å². The number of ether oxygens (including phenoxy) is 2. The van der Waals surface area contributed by atoms with Gasteiger partial charge >= 0.3 is 0 Å². The highest BCUT2D eigenvalue weighted by Crippen LogP contribution is 2.33. The number of methoxy groups -OCH3 is 2. The Hall–Kier alpha value is -2.34. The highest BCUT2D eigenvalue weighted by molar-refractivity contribution is 14.1. The van der Waals surface area contributed by atoms with E-state index in [2.05, 4.69) is 33.1 Å². The van der Waals surface area contributed by atoms with E-state index in [1.54, 1.807) is 19.1 Å². The zero-order chi connectivity index (χ0) is 21.6. The molecular formula is C19H22IN3O5S. The molecule has 2 aromatic carbocycles. The summed E-state index contributed by atoms with van der Waals surface area (Å²) in [5, 5.41) is 4.08. The Kier molecular flexibility index (Phi) is 7.85. The molecule has 0 aliphatic heterocycles. The van der Waals surface area contributed by atoms with Crippen molar-refractivity contribution in [1.29, 1.82) is 0 Å². The lowest BCUT2D eigenvalue weighted by Gasteiger charge is -2.23. The van der Waals surface area contributed by atoms with Crippen molar-refractivity contribution < 1.29 is 22.7 Å². The number of carbonyl (C=O) groups excluding carboxylic acids is 1. The van der Waals surface area contributed by atoms with E-state index in [0.717, 1.165) is 19.7 Å². The van der Waals surface area contributed by atoms with Gasteiger partial charge in [-0.15, -0.1) is 0 Å². The van der Waals surface area contributed by atoms with Crippen molar-refractivity contribution in [2.24, 2.45) is 5.10 Å². The lowest BCUT2D eigenvalue weighted by molar-refractivity contribution is -0.119. The molecule has 0 spiro atoms. The molecule has 0 aromatic heterocycles. The first kappa shape index (κ1) is 22.9. The fourth-order valence-corrected chi connectivity index (χ4v) is 3.87. The molecule has 0 saturated carbocycles. The number of hydrogen-bond acceptors (Lipinski definition) is 6. The molecule has 8 nitrogen and oxygen atoms in total. The van der Waals surface area contributed by atoms with Gasteiger partial charge in [0.25, 0.3) is 5.91 Å². The fraction of sp³-hybridized carbons (Fsp3) is 0.263. The molecule has 0 heterocycles. The van der Waals surface area contributed by atoms with Gasteiger partial charge in [0.05, 0.1) is 31.9 Å². The van der Waals surface area contributed by atoms with Gasteiger partial charge in [0.1, 0.15) is 18.0 Å². The first-order valence-corrected chi connectivity index (χ1v) is 11.4. The molecule has 0 radical (unpaired) electrons. The Morgan fingerprint density at radius 3 is 2.48 bits per heavy atom. The quantitative estimate of drug-likeness (QED) is 0.321. The van der Waals surface area contributed by atoms with Crippen molar-refractivity contribution in [3.63, 3.8) is 0 Å². The SMILES string of the molecule is COc1ccc(N(CC(=O)N/N=C(/C)c2cccc(I)c2)S(C)(=O)=O)c(OC)c1. The van der Waals surface area contributed by atoms with E-state index in [0.29, 0.717) is 11.5 Å². The van der Waals surface area contributed by atoms with Gasteiger partial charge in [-0.05, 0) is 59.3 Å². The minimum atomic E-state index is -3.76. The number of nitrogens with one attached hydrogen (secondary N) is 1. The Morgan fingerprint density at radius 1 is 1.17 bits per heavy atom. The number of carbonyl (C=O) groups is 1. The van der Waals surface area contributed by atoms with Gasteiger partial charge in [-0.2, -0.15) is 5.10 Å². The maximum Gasteiger partial charge on any atom is 0.260 e. The van der Waals surface area contributed by atoms with Gasteiger partial charge in [0.15, 0.2) is 0 Å². The number of anilines is 1. The third kappa shape index (κ3) is 6.32. The zero-order valence-corrected chi connectivity index (χ0v) is 19.4. The van der Waals surface area contributed by atoms with E-state index in [1.165, 1.54) is 20.3 Å². The van der Waals surface area contributed by atoms with Crippen LogP contribution in [0.5, 0.6) is 11.5 Å². The third-order valence-electron chi connectivity index (χ3n) is 3.93. The number of benzene rings is 2. The van der Waals surface area contributed by atoms with Crippen molar-refractivity contribution in [2.75, 3.05) is 31.3 Å². The van der Waals surface area contributed by atoms with Crippen LogP contribution in [0.25, 0.3) is 0 Å². The summed E-state index contributed by atoms with van der Waals surface area (Å²) >= 11 is 2.19. The van der Waals surface area contributed by atoms with E-state index < -0.39 is 22.5 Å². The average molecular weight is 531 g/mol. The minimum Gasteiger partial charge on any atom is -0.497 e. The van der Waals surface area contributed by atoms with E-state index in [9.17, 15) is 13.2 Å². The number of hydrazone groups is 1. The van der Waals surface area contributed by atoms with Gasteiger partial charge in [-0.3, -0.25) is 9.10 Å². The summed E-state index contributed by atoms with van der Waals surface area (Å²) in [6, 6.07) is 12.3. The molecule has 29 heavy (non-hydrogen) atoms. The molecule has 0 atom stereocenters. The second-order valence-corrected chi connectivity index (χ2v) is 9.20. The average Bonchev–Trinajstić information content (AvgIpc) is 2.69. The molecule has 0 unspecified atom stereocenters. The molecular weight excluding hydrogens is 509 g/mol. The molecule has 2 rings (SSSR count). The lowest BCUT2D eigenvalue weighted by atomic mass is 10.1. The fourth-order valence-electron chi connectivity index (χ4n) is 2.46. The summed E-state index contributed by atoms with van der Waals surface area (Å²) in [7, 11) is -0.859. The molecule has 1 N–H and O–H groups in total. The summed E-state index contributed by atoms with van der Waals surface area (Å²) in [6.07, 6.45) is 1.02. The Morgan fingerprint density at radius 2 is 1.90 bits per heavy atom. The van der Waals surface area contributed by atoms with Gasteiger partial charge in [-0.1, -0.05) is 12.1 Å².